The molecule has 1 heterocycles. The molecule has 2 aromatic carbocycles. The zero-order chi connectivity index (χ0) is 20.2. The second-order valence-corrected chi connectivity index (χ2v) is 7.17. The number of carbonyl (C=O) groups is 1. The van der Waals surface area contributed by atoms with Crippen molar-refractivity contribution in [1.82, 2.24) is 4.90 Å². The Morgan fingerprint density at radius 1 is 1.07 bits per heavy atom. The summed E-state index contributed by atoms with van der Waals surface area (Å²) < 4.78 is 39.5. The van der Waals surface area contributed by atoms with Gasteiger partial charge in [-0.2, -0.15) is 13.2 Å². The Morgan fingerprint density at radius 3 is 2.36 bits per heavy atom. The molecule has 0 bridgehead atoms. The van der Waals surface area contributed by atoms with Crippen molar-refractivity contribution < 1.29 is 23.1 Å². The fraction of sp³-hybridized carbons (Fsp3) is 0.318. The Labute approximate surface area is 162 Å². The molecule has 28 heavy (non-hydrogen) atoms. The van der Waals surface area contributed by atoms with Gasteiger partial charge in [-0.05, 0) is 43.1 Å². The van der Waals surface area contributed by atoms with E-state index in [1.165, 1.54) is 11.6 Å². The van der Waals surface area contributed by atoms with E-state index in [1.807, 2.05) is 30.3 Å². The van der Waals surface area contributed by atoms with E-state index in [0.717, 1.165) is 24.8 Å². The minimum atomic E-state index is -4.43. The third kappa shape index (κ3) is 4.81. The molecule has 0 amide bonds. The number of allylic oxidation sites excluding steroid dienone is 1. The summed E-state index contributed by atoms with van der Waals surface area (Å²) in [6.45, 7) is 2.12. The van der Waals surface area contributed by atoms with Gasteiger partial charge < -0.3 is 5.11 Å². The number of aliphatic carboxylic acids is 1. The largest absolute Gasteiger partial charge is 0.478 e. The third-order valence-electron chi connectivity index (χ3n) is 5.31. The predicted octanol–water partition coefficient (Wildman–Crippen LogP) is 4.88. The molecule has 3 rings (SSSR count). The lowest BCUT2D eigenvalue weighted by Crippen LogP contribution is -2.41. The van der Waals surface area contributed by atoms with Crippen LogP contribution in [0.25, 0.3) is 0 Å². The molecule has 1 N–H and O–H groups in total. The van der Waals surface area contributed by atoms with E-state index < -0.39 is 23.1 Å². The van der Waals surface area contributed by atoms with Crippen molar-refractivity contribution in [3.8, 4) is 0 Å². The van der Waals surface area contributed by atoms with Gasteiger partial charge in [-0.1, -0.05) is 54.6 Å². The van der Waals surface area contributed by atoms with Gasteiger partial charge in [-0.3, -0.25) is 4.90 Å². The number of hydrogen-bond donors (Lipinski definition) is 1. The zero-order valence-corrected chi connectivity index (χ0v) is 15.3. The van der Waals surface area contributed by atoms with E-state index in [9.17, 15) is 18.0 Å². The molecule has 0 unspecified atom stereocenters. The molecule has 0 aromatic heterocycles. The highest BCUT2D eigenvalue weighted by atomic mass is 19.4. The van der Waals surface area contributed by atoms with Crippen molar-refractivity contribution in [3.05, 3.63) is 83.4 Å². The molecule has 6 heteroatoms. The Balaban J connectivity index is 1.84. The van der Waals surface area contributed by atoms with Crippen molar-refractivity contribution in [3.63, 3.8) is 0 Å². The number of piperidine rings is 1. The maximum Gasteiger partial charge on any atom is 0.416 e. The van der Waals surface area contributed by atoms with Crippen molar-refractivity contribution >= 4 is 5.97 Å². The van der Waals surface area contributed by atoms with E-state index in [2.05, 4.69) is 4.90 Å². The molecule has 148 valence electrons. The van der Waals surface area contributed by atoms with Crippen molar-refractivity contribution in [2.75, 3.05) is 13.1 Å². The first-order valence-electron chi connectivity index (χ1n) is 9.15. The van der Waals surface area contributed by atoms with Crippen LogP contribution in [0.2, 0.25) is 0 Å². The number of alkyl halides is 3. The van der Waals surface area contributed by atoms with Gasteiger partial charge >= 0.3 is 12.1 Å². The molecular weight excluding hydrogens is 367 g/mol. The summed E-state index contributed by atoms with van der Waals surface area (Å²) in [7, 11) is 0. The highest BCUT2D eigenvalue weighted by Gasteiger charge is 2.37. The number of rotatable bonds is 5. The Morgan fingerprint density at radius 2 is 1.75 bits per heavy atom. The number of benzene rings is 2. The average molecular weight is 389 g/mol. The van der Waals surface area contributed by atoms with Gasteiger partial charge in [0, 0.05) is 18.0 Å². The lowest BCUT2D eigenvalue weighted by atomic mass is 9.72. The molecule has 1 aliphatic rings. The molecule has 2 aromatic rings. The Kier molecular flexibility index (Phi) is 5.89. The number of carboxylic acids is 1. The van der Waals surface area contributed by atoms with Crippen molar-refractivity contribution in [2.24, 2.45) is 0 Å². The van der Waals surface area contributed by atoms with Crippen LogP contribution in [0.15, 0.2) is 66.7 Å². The Bertz CT molecular complexity index is 838. The lowest BCUT2D eigenvalue weighted by Gasteiger charge is -2.40. The average Bonchev–Trinajstić information content (AvgIpc) is 2.68. The molecule has 0 radical (unpaired) electrons. The number of hydrogen-bond acceptors (Lipinski definition) is 2. The first-order chi connectivity index (χ1) is 13.3. The predicted molar refractivity (Wildman–Crippen MR) is 101 cm³/mol. The van der Waals surface area contributed by atoms with Crippen LogP contribution in [0.3, 0.4) is 0 Å². The van der Waals surface area contributed by atoms with Gasteiger partial charge in [-0.15, -0.1) is 0 Å². The van der Waals surface area contributed by atoms with Crippen LogP contribution in [0.1, 0.15) is 29.5 Å². The van der Waals surface area contributed by atoms with Gasteiger partial charge in [-0.25, -0.2) is 4.79 Å². The summed E-state index contributed by atoms with van der Waals surface area (Å²) in [5.41, 5.74) is 0.265. The number of carboxylic acid groups (broad SMARTS) is 1. The SMILES string of the molecule is O=C(O)/C=C/C1(c2cccc(C(F)(F)F)c2)CCN(Cc2ccccc2)CC1. The van der Waals surface area contributed by atoms with E-state index in [4.69, 9.17) is 5.11 Å². The van der Waals surface area contributed by atoms with Crippen molar-refractivity contribution in [2.45, 2.75) is 31.0 Å². The maximum atomic E-state index is 13.2. The van der Waals surface area contributed by atoms with Gasteiger partial charge in [0.05, 0.1) is 5.56 Å². The first kappa shape index (κ1) is 20.1. The van der Waals surface area contributed by atoms with Gasteiger partial charge in [0.25, 0.3) is 0 Å². The van der Waals surface area contributed by atoms with E-state index >= 15 is 0 Å². The first-order valence-corrected chi connectivity index (χ1v) is 9.15. The highest BCUT2D eigenvalue weighted by Crippen LogP contribution is 2.40. The van der Waals surface area contributed by atoms with Crippen LogP contribution in [-0.2, 0) is 22.9 Å². The number of likely N-dealkylation sites (tertiary alicyclic amines) is 1. The fourth-order valence-electron chi connectivity index (χ4n) is 3.74. The normalized spacial score (nSPS) is 17.7. The summed E-state index contributed by atoms with van der Waals surface area (Å²) in [4.78, 5) is 13.3. The summed E-state index contributed by atoms with van der Waals surface area (Å²) in [6.07, 6.45) is -0.699. The van der Waals surface area contributed by atoms with Crippen LogP contribution in [0.5, 0.6) is 0 Å². The molecule has 0 atom stereocenters. The van der Waals surface area contributed by atoms with E-state index in [0.29, 0.717) is 31.5 Å². The van der Waals surface area contributed by atoms with Crippen LogP contribution in [-0.4, -0.2) is 29.1 Å². The van der Waals surface area contributed by atoms with Crippen LogP contribution in [0.4, 0.5) is 13.2 Å². The molecule has 0 spiro atoms. The Hall–Kier alpha value is -2.60. The smallest absolute Gasteiger partial charge is 0.416 e. The van der Waals surface area contributed by atoms with Gasteiger partial charge in [0.1, 0.15) is 0 Å². The standard InChI is InChI=1S/C22H22F3NO2/c23-22(24,25)19-8-4-7-18(15-19)21(10-9-20(27)28)11-13-26(14-12-21)16-17-5-2-1-3-6-17/h1-10,15H,11-14,16H2,(H,27,28)/b10-9+. The second-order valence-electron chi connectivity index (χ2n) is 7.17. The quantitative estimate of drug-likeness (QED) is 0.741. The summed E-state index contributed by atoms with van der Waals surface area (Å²) in [5, 5.41) is 9.06. The number of halogens is 3. The molecule has 3 nitrogen and oxygen atoms in total. The lowest BCUT2D eigenvalue weighted by molar-refractivity contribution is -0.137. The number of nitrogens with zero attached hydrogens (tertiary/aromatic N) is 1. The molecule has 1 aliphatic heterocycles. The maximum absolute atomic E-state index is 13.2. The highest BCUT2D eigenvalue weighted by molar-refractivity contribution is 5.80. The minimum Gasteiger partial charge on any atom is -0.478 e. The van der Waals surface area contributed by atoms with Gasteiger partial charge in [0.2, 0.25) is 0 Å². The molecule has 0 aliphatic carbocycles. The van der Waals surface area contributed by atoms with Gasteiger partial charge in [0.15, 0.2) is 0 Å². The molecular formula is C22H22F3NO2. The van der Waals surface area contributed by atoms with Crippen LogP contribution in [0, 0.1) is 0 Å². The fourth-order valence-corrected chi connectivity index (χ4v) is 3.74. The minimum absolute atomic E-state index is 0.513. The summed E-state index contributed by atoms with van der Waals surface area (Å²) >= 11 is 0. The zero-order valence-electron chi connectivity index (χ0n) is 15.3. The summed E-state index contributed by atoms with van der Waals surface area (Å²) in [6, 6.07) is 15.2. The van der Waals surface area contributed by atoms with E-state index in [-0.39, 0.29) is 0 Å². The van der Waals surface area contributed by atoms with E-state index in [1.54, 1.807) is 12.1 Å². The van der Waals surface area contributed by atoms with Crippen LogP contribution < -0.4 is 0 Å². The van der Waals surface area contributed by atoms with Crippen molar-refractivity contribution in [1.29, 1.82) is 0 Å². The van der Waals surface area contributed by atoms with Crippen LogP contribution >= 0.6 is 0 Å². The topological polar surface area (TPSA) is 40.5 Å². The third-order valence-corrected chi connectivity index (χ3v) is 5.31. The molecule has 1 saturated heterocycles. The summed E-state index contributed by atoms with van der Waals surface area (Å²) in [5.74, 6) is -1.10. The monoisotopic (exact) mass is 389 g/mol. The molecule has 0 saturated carbocycles. The molecule has 1 fully saturated rings. The second kappa shape index (κ2) is 8.19.